The predicted octanol–water partition coefficient (Wildman–Crippen LogP) is 2.68. The molecular formula is C13H24N2O2. The van der Waals surface area contributed by atoms with Crippen LogP contribution in [0.1, 0.15) is 58.3 Å². The molecule has 1 fully saturated rings. The van der Waals surface area contributed by atoms with E-state index in [-0.39, 0.29) is 18.5 Å². The third-order valence-electron chi connectivity index (χ3n) is 3.17. The number of rotatable bonds is 9. The minimum atomic E-state index is -0.224. The fourth-order valence-electron chi connectivity index (χ4n) is 2.09. The van der Waals surface area contributed by atoms with Gasteiger partial charge in [-0.1, -0.05) is 51.9 Å². The second-order valence-electron chi connectivity index (χ2n) is 4.68. The molecule has 0 aromatic heterocycles. The van der Waals surface area contributed by atoms with Gasteiger partial charge >= 0.3 is 6.03 Å². The van der Waals surface area contributed by atoms with Crippen LogP contribution in [0.3, 0.4) is 0 Å². The minimum absolute atomic E-state index is 0.0852. The van der Waals surface area contributed by atoms with E-state index in [4.69, 9.17) is 0 Å². The van der Waals surface area contributed by atoms with Crippen molar-refractivity contribution >= 4 is 11.9 Å². The van der Waals surface area contributed by atoms with E-state index < -0.39 is 0 Å². The van der Waals surface area contributed by atoms with E-state index in [9.17, 15) is 9.59 Å². The molecule has 0 aliphatic carbocycles. The molecular weight excluding hydrogens is 216 g/mol. The van der Waals surface area contributed by atoms with Crippen molar-refractivity contribution < 1.29 is 9.59 Å². The summed E-state index contributed by atoms with van der Waals surface area (Å²) in [5.74, 6) is -0.0852. The molecule has 0 unspecified atom stereocenters. The summed E-state index contributed by atoms with van der Waals surface area (Å²) in [5, 5.41) is 2.53. The maximum atomic E-state index is 11.3. The van der Waals surface area contributed by atoms with Crippen LogP contribution in [0, 0.1) is 0 Å². The second-order valence-corrected chi connectivity index (χ2v) is 4.68. The van der Waals surface area contributed by atoms with Crippen molar-refractivity contribution in [2.75, 3.05) is 13.1 Å². The number of carbonyl (C=O) groups excluding carboxylic acids is 2. The van der Waals surface area contributed by atoms with Gasteiger partial charge in [0.25, 0.3) is 0 Å². The number of nitrogens with zero attached hydrogens (tertiary/aromatic N) is 1. The molecule has 4 heteroatoms. The van der Waals surface area contributed by atoms with Crippen molar-refractivity contribution in [3.05, 3.63) is 0 Å². The highest BCUT2D eigenvalue weighted by molar-refractivity contribution is 6.01. The first kappa shape index (κ1) is 14.0. The summed E-state index contributed by atoms with van der Waals surface area (Å²) >= 11 is 0. The molecule has 0 atom stereocenters. The first-order valence-electron chi connectivity index (χ1n) is 6.84. The van der Waals surface area contributed by atoms with Gasteiger partial charge in [0, 0.05) is 6.54 Å². The molecule has 98 valence electrons. The lowest BCUT2D eigenvalue weighted by Gasteiger charge is -2.11. The standard InChI is InChI=1S/C13H24N2O2/c1-2-3-4-5-6-7-8-9-10-15-12(16)11-14-13(15)17/h2-11H2,1H3,(H,14,17). The van der Waals surface area contributed by atoms with Crippen LogP contribution in [0.15, 0.2) is 0 Å². The lowest BCUT2D eigenvalue weighted by molar-refractivity contribution is -0.125. The predicted molar refractivity (Wildman–Crippen MR) is 67.7 cm³/mol. The Kier molecular flexibility index (Phi) is 6.67. The molecule has 1 aliphatic heterocycles. The Morgan fingerprint density at radius 2 is 1.59 bits per heavy atom. The van der Waals surface area contributed by atoms with Crippen molar-refractivity contribution in [2.24, 2.45) is 0 Å². The highest BCUT2D eigenvalue weighted by atomic mass is 16.2. The zero-order valence-electron chi connectivity index (χ0n) is 10.8. The SMILES string of the molecule is CCCCCCCCCCN1C(=O)CNC1=O. The minimum Gasteiger partial charge on any atom is -0.329 e. The van der Waals surface area contributed by atoms with E-state index >= 15 is 0 Å². The van der Waals surface area contributed by atoms with Crippen molar-refractivity contribution in [1.29, 1.82) is 0 Å². The van der Waals surface area contributed by atoms with Crippen LogP contribution < -0.4 is 5.32 Å². The topological polar surface area (TPSA) is 49.4 Å². The van der Waals surface area contributed by atoms with E-state index in [1.165, 1.54) is 43.4 Å². The van der Waals surface area contributed by atoms with Crippen molar-refractivity contribution in [3.63, 3.8) is 0 Å². The molecule has 4 nitrogen and oxygen atoms in total. The zero-order valence-corrected chi connectivity index (χ0v) is 10.8. The van der Waals surface area contributed by atoms with E-state index in [0.717, 1.165) is 12.8 Å². The van der Waals surface area contributed by atoms with E-state index in [1.807, 2.05) is 0 Å². The Hall–Kier alpha value is -1.06. The number of amides is 3. The zero-order chi connectivity index (χ0) is 12.5. The van der Waals surface area contributed by atoms with Crippen molar-refractivity contribution in [2.45, 2.75) is 58.3 Å². The Balaban J connectivity index is 1.93. The molecule has 1 N–H and O–H groups in total. The maximum Gasteiger partial charge on any atom is 0.324 e. The Morgan fingerprint density at radius 3 is 2.12 bits per heavy atom. The lowest BCUT2D eigenvalue weighted by Crippen LogP contribution is -2.31. The smallest absolute Gasteiger partial charge is 0.324 e. The molecule has 0 aromatic rings. The number of nitrogens with one attached hydrogen (secondary N) is 1. The van der Waals surface area contributed by atoms with Gasteiger partial charge in [-0.05, 0) is 6.42 Å². The van der Waals surface area contributed by atoms with Crippen molar-refractivity contribution in [1.82, 2.24) is 10.2 Å². The van der Waals surface area contributed by atoms with E-state index in [0.29, 0.717) is 6.54 Å². The highest BCUT2D eigenvalue weighted by Gasteiger charge is 2.27. The van der Waals surface area contributed by atoms with Crippen LogP contribution in [-0.4, -0.2) is 29.9 Å². The largest absolute Gasteiger partial charge is 0.329 e. The second kappa shape index (κ2) is 8.09. The van der Waals surface area contributed by atoms with Crippen LogP contribution in [0.4, 0.5) is 4.79 Å². The van der Waals surface area contributed by atoms with Crippen LogP contribution in [0.5, 0.6) is 0 Å². The fraction of sp³-hybridized carbons (Fsp3) is 0.846. The fourth-order valence-corrected chi connectivity index (χ4v) is 2.09. The first-order chi connectivity index (χ1) is 8.25. The first-order valence-corrected chi connectivity index (χ1v) is 6.84. The quantitative estimate of drug-likeness (QED) is 0.497. The molecule has 0 spiro atoms. The summed E-state index contributed by atoms with van der Waals surface area (Å²) in [6, 6.07) is -0.224. The summed E-state index contributed by atoms with van der Waals surface area (Å²) in [5.41, 5.74) is 0. The van der Waals surface area contributed by atoms with Crippen LogP contribution >= 0.6 is 0 Å². The van der Waals surface area contributed by atoms with Crippen LogP contribution in [0.25, 0.3) is 0 Å². The highest BCUT2D eigenvalue weighted by Crippen LogP contribution is 2.09. The number of imide groups is 1. The van der Waals surface area contributed by atoms with Gasteiger partial charge in [0.2, 0.25) is 5.91 Å². The molecule has 0 bridgehead atoms. The monoisotopic (exact) mass is 240 g/mol. The van der Waals surface area contributed by atoms with Crippen LogP contribution in [0.2, 0.25) is 0 Å². The molecule has 0 aromatic carbocycles. The van der Waals surface area contributed by atoms with Gasteiger partial charge in [-0.3, -0.25) is 9.69 Å². The maximum absolute atomic E-state index is 11.3. The number of hydrogen-bond donors (Lipinski definition) is 1. The summed E-state index contributed by atoms with van der Waals surface area (Å²) in [6.45, 7) is 2.98. The molecule has 1 aliphatic rings. The number of carbonyl (C=O) groups is 2. The van der Waals surface area contributed by atoms with E-state index in [2.05, 4.69) is 12.2 Å². The molecule has 17 heavy (non-hydrogen) atoms. The summed E-state index contributed by atoms with van der Waals surface area (Å²) in [7, 11) is 0. The summed E-state index contributed by atoms with van der Waals surface area (Å²) in [6.07, 6.45) is 9.82. The van der Waals surface area contributed by atoms with Crippen molar-refractivity contribution in [3.8, 4) is 0 Å². The molecule has 1 rings (SSSR count). The summed E-state index contributed by atoms with van der Waals surface area (Å²) < 4.78 is 0. The molecule has 1 heterocycles. The molecule has 3 amide bonds. The third kappa shape index (κ3) is 5.20. The Morgan fingerprint density at radius 1 is 1.00 bits per heavy atom. The van der Waals surface area contributed by atoms with Gasteiger partial charge in [0.1, 0.15) is 0 Å². The number of hydrogen-bond acceptors (Lipinski definition) is 2. The number of unbranched alkanes of at least 4 members (excludes halogenated alkanes) is 7. The lowest BCUT2D eigenvalue weighted by atomic mass is 10.1. The van der Waals surface area contributed by atoms with Crippen LogP contribution in [-0.2, 0) is 4.79 Å². The van der Waals surface area contributed by atoms with Gasteiger partial charge < -0.3 is 5.32 Å². The average Bonchev–Trinajstić information content (AvgIpc) is 2.63. The van der Waals surface area contributed by atoms with Gasteiger partial charge in [0.15, 0.2) is 0 Å². The van der Waals surface area contributed by atoms with E-state index in [1.54, 1.807) is 0 Å². The van der Waals surface area contributed by atoms with Gasteiger partial charge in [-0.2, -0.15) is 0 Å². The average molecular weight is 240 g/mol. The summed E-state index contributed by atoms with van der Waals surface area (Å²) in [4.78, 5) is 23.8. The molecule has 0 saturated carbocycles. The number of urea groups is 1. The molecule has 0 radical (unpaired) electrons. The van der Waals surface area contributed by atoms with Gasteiger partial charge in [0.05, 0.1) is 6.54 Å². The van der Waals surface area contributed by atoms with Gasteiger partial charge in [-0.25, -0.2) is 4.79 Å². The Bertz CT molecular complexity index is 238. The van der Waals surface area contributed by atoms with Gasteiger partial charge in [-0.15, -0.1) is 0 Å². The Labute approximate surface area is 104 Å². The molecule has 1 saturated heterocycles. The normalized spacial score (nSPS) is 15.5. The third-order valence-corrected chi connectivity index (χ3v) is 3.17.